The molecule has 0 unspecified atom stereocenters. The average molecular weight is 2450 g/mol. The normalized spacial score (nSPS) is 14.2. The Morgan fingerprint density at radius 2 is 0.317 bits per heavy atom. The van der Waals surface area contributed by atoms with Crippen molar-refractivity contribution in [3.05, 3.63) is 188 Å². The fourth-order valence-corrected chi connectivity index (χ4v) is 26.8. The summed E-state index contributed by atoms with van der Waals surface area (Å²) in [5, 5.41) is 267. The van der Waals surface area contributed by atoms with E-state index < -0.39 is 168 Å². The van der Waals surface area contributed by atoms with Gasteiger partial charge in [-0.1, -0.05) is 37.0 Å². The van der Waals surface area contributed by atoms with Gasteiger partial charge in [0, 0.05) is 116 Å². The van der Waals surface area contributed by atoms with E-state index in [1.165, 1.54) is 166 Å². The summed E-state index contributed by atoms with van der Waals surface area (Å²) in [6, 6.07) is 1.54. The molecule has 25 N–H and O–H groups in total. The number of halogens is 8. The molecule has 0 saturated carbocycles. The van der Waals surface area contributed by atoms with Gasteiger partial charge in [0.15, 0.2) is 0 Å². The molecule has 0 amide bonds. The van der Waals surface area contributed by atoms with Crippen LogP contribution in [-0.4, -0.2) is 128 Å². The molecule has 0 aliphatic rings. The highest BCUT2D eigenvalue weighted by Crippen LogP contribution is 2.57. The van der Waals surface area contributed by atoms with E-state index in [1.807, 2.05) is 13.8 Å². The largest absolute Gasteiger partial charge is 0.507 e. The summed E-state index contributed by atoms with van der Waals surface area (Å²) in [6.07, 6.45) is 1.13. The van der Waals surface area contributed by atoms with Crippen LogP contribution in [0.25, 0.3) is 0 Å². The maximum Gasteiger partial charge on any atom is 0.136 e. The third kappa shape index (κ3) is 33.5. The highest BCUT2D eigenvalue weighted by atomic mass is 127. The van der Waals surface area contributed by atoms with Gasteiger partial charge in [0.1, 0.15) is 17.4 Å². The third-order valence-corrected chi connectivity index (χ3v) is 28.5. The Morgan fingerprint density at radius 1 is 0.200 bits per heavy atom. The topological polar surface area (TPSA) is 506 Å². The van der Waals surface area contributed by atoms with Crippen molar-refractivity contribution in [1.29, 1.82) is 0 Å². The van der Waals surface area contributed by atoms with Gasteiger partial charge < -0.3 is 128 Å². The van der Waals surface area contributed by atoms with Gasteiger partial charge in [-0.3, -0.25) is 0 Å². The van der Waals surface area contributed by atoms with Gasteiger partial charge in [-0.25, -0.2) is 8.78 Å². The predicted octanol–water partition coefficient (Wildman–Crippen LogP) is 20.7. The summed E-state index contributed by atoms with van der Waals surface area (Å²) in [4.78, 5) is 0. The number of hydrogen-bond acceptors (Lipinski definition) is 25. The van der Waals surface area contributed by atoms with E-state index in [2.05, 4.69) is 77.0 Å². The molecular weight excluding hydrogens is 2270 g/mol. The minimum absolute atomic E-state index is 0.0775. The fourth-order valence-electron chi connectivity index (χ4n) is 19.1. The number of aromatic hydroxyl groups is 1. The lowest BCUT2D eigenvalue weighted by atomic mass is 9.69. The van der Waals surface area contributed by atoms with Crippen LogP contribution in [0, 0.1) is 18.8 Å². The molecule has 0 bridgehead atoms. The minimum Gasteiger partial charge on any atom is -0.507 e. The van der Waals surface area contributed by atoms with Gasteiger partial charge >= 0.3 is 0 Å². The van der Waals surface area contributed by atoms with E-state index in [0.29, 0.717) is 107 Å². The quantitative estimate of drug-likeness (QED) is 0.0224. The molecular formula is C112H180Br2Cl2F2I2O25. The van der Waals surface area contributed by atoms with Crippen molar-refractivity contribution >= 4 is 100 Å². The highest BCUT2D eigenvalue weighted by molar-refractivity contribution is 14.1. The van der Waals surface area contributed by atoms with E-state index >= 15 is 8.78 Å². The van der Waals surface area contributed by atoms with Gasteiger partial charge in [-0.2, -0.15) is 0 Å². The second kappa shape index (κ2) is 44.6. The minimum atomic E-state index is -1.82. The lowest BCUT2D eigenvalue weighted by Crippen LogP contribution is -2.36. The molecule has 145 heavy (non-hydrogen) atoms. The Labute approximate surface area is 917 Å². The zero-order valence-electron chi connectivity index (χ0n) is 95.7. The summed E-state index contributed by atoms with van der Waals surface area (Å²) < 4.78 is 32.9. The van der Waals surface area contributed by atoms with Crippen LogP contribution in [0.15, 0.2) is 15.0 Å². The molecule has 0 aliphatic carbocycles. The Kier molecular flexibility index (Phi) is 43.1. The zero-order chi connectivity index (χ0) is 117. The summed E-state index contributed by atoms with van der Waals surface area (Å²) in [7, 11) is 0. The first-order valence-electron chi connectivity index (χ1n) is 48.3. The van der Waals surface area contributed by atoms with E-state index in [9.17, 15) is 128 Å². The lowest BCUT2D eigenvalue weighted by molar-refractivity contribution is 0.0300. The molecule has 33 heteroatoms. The van der Waals surface area contributed by atoms with Crippen LogP contribution >= 0.6 is 100 Å². The first-order chi connectivity index (χ1) is 62.5. The fraction of sp³-hybridized carbons (Fsp3) is 0.679. The van der Waals surface area contributed by atoms with E-state index in [-0.39, 0.29) is 49.2 Å². The Hall–Kier alpha value is -2.98. The first kappa shape index (κ1) is 140. The predicted molar refractivity (Wildman–Crippen MR) is 596 cm³/mol. The Morgan fingerprint density at radius 3 is 0.414 bits per heavy atom. The van der Waals surface area contributed by atoms with Gasteiger partial charge in [0.25, 0.3) is 0 Å². The van der Waals surface area contributed by atoms with Crippen LogP contribution in [0.2, 0.25) is 10.0 Å². The molecule has 0 aliphatic heterocycles. The molecule has 25 nitrogen and oxygen atoms in total. The average Bonchev–Trinajstić information content (AvgIpc) is 0.718. The zero-order valence-corrected chi connectivity index (χ0v) is 105. The van der Waals surface area contributed by atoms with Crippen LogP contribution in [0.1, 0.15) is 491 Å². The van der Waals surface area contributed by atoms with Crippen LogP contribution in [0.4, 0.5) is 8.78 Å². The third-order valence-electron chi connectivity index (χ3n) is 24.0. The molecule has 0 radical (unpaired) electrons. The number of rotatable bonds is 26. The van der Waals surface area contributed by atoms with Crippen molar-refractivity contribution in [3.63, 3.8) is 0 Å². The molecule has 6 aromatic rings. The second-order valence-corrected chi connectivity index (χ2v) is 55.7. The van der Waals surface area contributed by atoms with E-state index in [0.717, 1.165) is 11.1 Å². The first-order valence-corrected chi connectivity index (χ1v) is 52.8. The van der Waals surface area contributed by atoms with Crippen molar-refractivity contribution in [2.75, 3.05) is 0 Å². The summed E-state index contributed by atoms with van der Waals surface area (Å²) in [5.74, 6) is -2.42. The summed E-state index contributed by atoms with van der Waals surface area (Å²) >= 11 is 24.4. The molecule has 0 atom stereocenters. The number of hydrogen-bond donors (Lipinski definition) is 25. The summed E-state index contributed by atoms with van der Waals surface area (Å²) in [6.45, 7) is 78.2. The maximum absolute atomic E-state index is 15.3. The highest BCUT2D eigenvalue weighted by Gasteiger charge is 2.51. The standard InChI is InChI=1S/C22H38O4.C18H28Br2O4.C18H28Cl2O4.C18H28F2O4.C18H28I2O4.C18H30O5/c1-11-13-15(19(3,4)23)17(21(7,8)25)14(12-2)18(22(9,10)26)16(13)20(5,6)24;4*1-15(2,21)9-10(16(3,4)22)14(20)12(18(7,8)24)11(13(9)19)17(5,6)23;1-15(2,20)10-9-11(16(3,4)21)13(18(7,8)23)14(19)12(10)17(5,6)22/h23-26H,11-12H2,1-10H3;4*21-24H,1-8H3;9,19-23H,1-8H3. The summed E-state index contributed by atoms with van der Waals surface area (Å²) in [5.41, 5.74) is -25.1. The SMILES string of the molecule is CC(C)(O)c1c(Br)c(C(C)(C)O)c(C(C)(C)O)c(Br)c1C(C)(C)O.CC(C)(O)c1c(Cl)c(C(C)(C)O)c(C(C)(C)O)c(Cl)c1C(C)(C)O.CC(C)(O)c1c(F)c(C(C)(C)O)c(C(C)(C)O)c(F)c1C(C)(C)O.CC(C)(O)c1c(I)c(C(C)(C)O)c(C(C)(C)O)c(I)c1C(C)(C)O.CC(C)(O)c1cc(C(C)(C)O)c(C(C)(C)O)c(O)c1C(C)(C)O.CCc1c(C(C)(C)O)c(C(C)(C)O)c(CC)c(C(C)(C)O)c1C(C)(C)O. The van der Waals surface area contributed by atoms with Crippen molar-refractivity contribution in [2.45, 2.75) is 493 Å². The monoisotopic (exact) mass is 2440 g/mol. The number of phenolic OH excluding ortho intramolecular Hbond substituents is 1. The molecule has 6 rings (SSSR count). The number of phenols is 1. The molecule has 0 spiro atoms. The molecule has 0 aromatic heterocycles. The van der Waals surface area contributed by atoms with Gasteiger partial charge in [-0.15, -0.1) is 0 Å². The van der Waals surface area contributed by atoms with Crippen LogP contribution in [0.3, 0.4) is 0 Å². The van der Waals surface area contributed by atoms with E-state index in [4.69, 9.17) is 23.2 Å². The second-order valence-electron chi connectivity index (χ2n) is 51.2. The van der Waals surface area contributed by atoms with Crippen molar-refractivity contribution in [3.8, 4) is 5.75 Å². The molecule has 0 fully saturated rings. The van der Waals surface area contributed by atoms with Crippen LogP contribution in [-0.2, 0) is 147 Å². The van der Waals surface area contributed by atoms with Gasteiger partial charge in [0.2, 0.25) is 0 Å². The molecule has 834 valence electrons. The maximum atomic E-state index is 15.3. The van der Waals surface area contributed by atoms with Crippen molar-refractivity contribution < 1.29 is 136 Å². The van der Waals surface area contributed by atoms with E-state index in [1.54, 1.807) is 172 Å². The van der Waals surface area contributed by atoms with Gasteiger partial charge in [-0.05, 0) is 473 Å². The smallest absolute Gasteiger partial charge is 0.136 e. The van der Waals surface area contributed by atoms with Crippen molar-refractivity contribution in [1.82, 2.24) is 0 Å². The lowest BCUT2D eigenvalue weighted by Gasteiger charge is -2.41. The van der Waals surface area contributed by atoms with Crippen LogP contribution in [0.5, 0.6) is 5.75 Å². The molecule has 0 saturated heterocycles. The Bertz CT molecular complexity index is 4550. The number of aliphatic hydroxyl groups is 24. The molecule has 6 aromatic carbocycles. The van der Waals surface area contributed by atoms with Crippen molar-refractivity contribution in [2.24, 2.45) is 0 Å². The molecule has 0 heterocycles. The Balaban J connectivity index is 0.000000870. The van der Waals surface area contributed by atoms with Gasteiger partial charge in [0.05, 0.1) is 144 Å². The number of benzene rings is 6. The van der Waals surface area contributed by atoms with Crippen LogP contribution < -0.4 is 0 Å².